The number of carbonyl (C=O) groups is 1. The van der Waals surface area contributed by atoms with Crippen LogP contribution in [0.2, 0.25) is 0 Å². The molecule has 0 radical (unpaired) electrons. The topological polar surface area (TPSA) is 66.5 Å². The minimum absolute atomic E-state index is 0.0637. The molecule has 1 amide bonds. The highest BCUT2D eigenvalue weighted by Crippen LogP contribution is 2.21. The van der Waals surface area contributed by atoms with Crippen molar-refractivity contribution in [1.29, 1.82) is 0 Å². The maximum absolute atomic E-state index is 12.6. The SMILES string of the molecule is Cc1cc(C)c(S(=O)(=O)NCCC(=O)N(C)Cc2ccccc2Br)c(C)c1. The van der Waals surface area contributed by atoms with E-state index in [4.69, 9.17) is 0 Å². The van der Waals surface area contributed by atoms with Gasteiger partial charge >= 0.3 is 0 Å². The van der Waals surface area contributed by atoms with Crippen molar-refractivity contribution in [3.8, 4) is 0 Å². The van der Waals surface area contributed by atoms with Crippen LogP contribution in [0, 0.1) is 20.8 Å². The van der Waals surface area contributed by atoms with E-state index < -0.39 is 10.0 Å². The fraction of sp³-hybridized carbons (Fsp3) is 0.350. The summed E-state index contributed by atoms with van der Waals surface area (Å²) in [5.41, 5.74) is 3.43. The van der Waals surface area contributed by atoms with Crippen LogP contribution in [0.1, 0.15) is 28.7 Å². The van der Waals surface area contributed by atoms with E-state index >= 15 is 0 Å². The molecule has 0 heterocycles. The second-order valence-electron chi connectivity index (χ2n) is 6.72. The van der Waals surface area contributed by atoms with Crippen LogP contribution >= 0.6 is 15.9 Å². The Balaban J connectivity index is 1.97. The quantitative estimate of drug-likeness (QED) is 0.695. The van der Waals surface area contributed by atoms with Gasteiger partial charge in [-0.25, -0.2) is 13.1 Å². The Morgan fingerprint density at radius 1 is 1.11 bits per heavy atom. The Labute approximate surface area is 170 Å². The first-order chi connectivity index (χ1) is 12.6. The van der Waals surface area contributed by atoms with Gasteiger partial charge in [0.25, 0.3) is 0 Å². The van der Waals surface area contributed by atoms with Crippen molar-refractivity contribution in [2.45, 2.75) is 38.6 Å². The molecule has 2 aromatic carbocycles. The highest BCUT2D eigenvalue weighted by molar-refractivity contribution is 9.10. The smallest absolute Gasteiger partial charge is 0.241 e. The molecule has 0 aliphatic rings. The monoisotopic (exact) mass is 452 g/mol. The largest absolute Gasteiger partial charge is 0.341 e. The van der Waals surface area contributed by atoms with E-state index in [1.165, 1.54) is 0 Å². The lowest BCUT2D eigenvalue weighted by Gasteiger charge is -2.18. The third-order valence-corrected chi connectivity index (χ3v) is 6.83. The van der Waals surface area contributed by atoms with Gasteiger partial charge < -0.3 is 4.90 Å². The number of halogens is 1. The molecule has 146 valence electrons. The van der Waals surface area contributed by atoms with Crippen molar-refractivity contribution in [3.05, 3.63) is 63.1 Å². The maximum Gasteiger partial charge on any atom is 0.241 e. The summed E-state index contributed by atoms with van der Waals surface area (Å²) in [6, 6.07) is 11.4. The minimum atomic E-state index is -3.65. The molecule has 1 N–H and O–H groups in total. The number of hydrogen-bond donors (Lipinski definition) is 1. The molecule has 0 unspecified atom stereocenters. The van der Waals surface area contributed by atoms with Gasteiger partial charge in [0.15, 0.2) is 0 Å². The van der Waals surface area contributed by atoms with Gasteiger partial charge in [-0.15, -0.1) is 0 Å². The summed E-state index contributed by atoms with van der Waals surface area (Å²) in [4.78, 5) is 14.2. The molecule has 0 aliphatic heterocycles. The van der Waals surface area contributed by atoms with Crippen LogP contribution in [-0.4, -0.2) is 32.8 Å². The third kappa shape index (κ3) is 5.64. The van der Waals surface area contributed by atoms with E-state index in [0.29, 0.717) is 22.6 Å². The van der Waals surface area contributed by atoms with E-state index in [2.05, 4.69) is 20.7 Å². The zero-order chi connectivity index (χ0) is 20.2. The van der Waals surface area contributed by atoms with Gasteiger partial charge in [0.1, 0.15) is 0 Å². The van der Waals surface area contributed by atoms with Gasteiger partial charge in [0.2, 0.25) is 15.9 Å². The lowest BCUT2D eigenvalue weighted by atomic mass is 10.1. The molecule has 0 atom stereocenters. The fourth-order valence-corrected chi connectivity index (χ4v) is 5.01. The molecule has 0 saturated heterocycles. The molecule has 0 bridgehead atoms. The van der Waals surface area contributed by atoms with Crippen molar-refractivity contribution in [3.63, 3.8) is 0 Å². The summed E-state index contributed by atoms with van der Waals surface area (Å²) < 4.78 is 28.8. The summed E-state index contributed by atoms with van der Waals surface area (Å²) in [6.45, 7) is 6.03. The van der Waals surface area contributed by atoms with Gasteiger partial charge in [-0.1, -0.05) is 51.8 Å². The molecule has 2 rings (SSSR count). The number of aryl methyl sites for hydroxylation is 3. The average Bonchev–Trinajstić information content (AvgIpc) is 2.55. The van der Waals surface area contributed by atoms with Gasteiger partial charge in [-0.05, 0) is 43.5 Å². The van der Waals surface area contributed by atoms with Crippen LogP contribution in [0.3, 0.4) is 0 Å². The normalized spacial score (nSPS) is 11.4. The van der Waals surface area contributed by atoms with Crippen LogP contribution in [0.5, 0.6) is 0 Å². The molecular formula is C20H25BrN2O3S. The standard InChI is InChI=1S/C20H25BrN2O3S/c1-14-11-15(2)20(16(3)12-14)27(25,26)22-10-9-19(24)23(4)13-17-7-5-6-8-18(17)21/h5-8,11-12,22H,9-10,13H2,1-4H3. The second kappa shape index (κ2) is 8.99. The van der Waals surface area contributed by atoms with Crippen molar-refractivity contribution < 1.29 is 13.2 Å². The first kappa shape index (κ1) is 21.6. The molecule has 0 fully saturated rings. The lowest BCUT2D eigenvalue weighted by molar-refractivity contribution is -0.130. The van der Waals surface area contributed by atoms with E-state index in [1.807, 2.05) is 43.3 Å². The zero-order valence-corrected chi connectivity index (χ0v) is 18.4. The molecule has 0 aromatic heterocycles. The van der Waals surface area contributed by atoms with Crippen LogP contribution in [0.4, 0.5) is 0 Å². The van der Waals surface area contributed by atoms with Crippen LogP contribution < -0.4 is 4.72 Å². The van der Waals surface area contributed by atoms with Crippen molar-refractivity contribution >= 4 is 31.9 Å². The zero-order valence-electron chi connectivity index (χ0n) is 16.0. The number of sulfonamides is 1. The first-order valence-electron chi connectivity index (χ1n) is 8.66. The predicted molar refractivity (Wildman–Crippen MR) is 111 cm³/mol. The molecule has 27 heavy (non-hydrogen) atoms. The Bertz CT molecular complexity index is 919. The number of rotatable bonds is 7. The molecule has 5 nitrogen and oxygen atoms in total. The Morgan fingerprint density at radius 3 is 2.30 bits per heavy atom. The Kier molecular flexibility index (Phi) is 7.19. The molecule has 0 spiro atoms. The lowest BCUT2D eigenvalue weighted by Crippen LogP contribution is -2.32. The average molecular weight is 453 g/mol. The molecule has 2 aromatic rings. The molecule has 0 saturated carbocycles. The maximum atomic E-state index is 12.6. The van der Waals surface area contributed by atoms with Crippen LogP contribution in [-0.2, 0) is 21.4 Å². The van der Waals surface area contributed by atoms with Crippen molar-refractivity contribution in [2.75, 3.05) is 13.6 Å². The van der Waals surface area contributed by atoms with Crippen molar-refractivity contribution in [1.82, 2.24) is 9.62 Å². The number of amides is 1. The van der Waals surface area contributed by atoms with Gasteiger partial charge in [-0.3, -0.25) is 4.79 Å². The number of benzene rings is 2. The minimum Gasteiger partial charge on any atom is -0.341 e. The van der Waals surface area contributed by atoms with Crippen molar-refractivity contribution in [2.24, 2.45) is 0 Å². The summed E-state index contributed by atoms with van der Waals surface area (Å²) in [5.74, 6) is -0.120. The summed E-state index contributed by atoms with van der Waals surface area (Å²) in [7, 11) is -1.94. The second-order valence-corrected chi connectivity index (χ2v) is 9.27. The van der Waals surface area contributed by atoms with Crippen LogP contribution in [0.15, 0.2) is 45.8 Å². The number of nitrogens with one attached hydrogen (secondary N) is 1. The number of nitrogens with zero attached hydrogens (tertiary/aromatic N) is 1. The van der Waals surface area contributed by atoms with E-state index in [-0.39, 0.29) is 18.9 Å². The van der Waals surface area contributed by atoms with E-state index in [9.17, 15) is 13.2 Å². The number of hydrogen-bond acceptors (Lipinski definition) is 3. The van der Waals surface area contributed by atoms with Gasteiger partial charge in [0, 0.05) is 31.0 Å². The van der Waals surface area contributed by atoms with Gasteiger partial charge in [0.05, 0.1) is 4.90 Å². The highest BCUT2D eigenvalue weighted by Gasteiger charge is 2.20. The fourth-order valence-electron chi connectivity index (χ4n) is 3.12. The molecule has 7 heteroatoms. The Morgan fingerprint density at radius 2 is 1.70 bits per heavy atom. The van der Waals surface area contributed by atoms with Crippen LogP contribution in [0.25, 0.3) is 0 Å². The van der Waals surface area contributed by atoms with Gasteiger partial charge in [-0.2, -0.15) is 0 Å². The molecular weight excluding hydrogens is 428 g/mol. The summed E-state index contributed by atoms with van der Waals surface area (Å²) in [5, 5.41) is 0. The number of carbonyl (C=O) groups excluding carboxylic acids is 1. The van der Waals surface area contributed by atoms with E-state index in [0.717, 1.165) is 15.6 Å². The molecule has 0 aliphatic carbocycles. The van der Waals surface area contributed by atoms with E-state index in [1.54, 1.807) is 25.8 Å². The first-order valence-corrected chi connectivity index (χ1v) is 10.9. The Hall–Kier alpha value is -1.70. The summed E-state index contributed by atoms with van der Waals surface area (Å²) in [6.07, 6.45) is 0.101. The summed E-state index contributed by atoms with van der Waals surface area (Å²) >= 11 is 3.47. The third-order valence-electron chi connectivity index (χ3n) is 4.30. The predicted octanol–water partition coefficient (Wildman–Crippen LogP) is 3.70. The highest BCUT2D eigenvalue weighted by atomic mass is 79.9.